The van der Waals surface area contributed by atoms with E-state index >= 15 is 0 Å². The molecule has 4 nitrogen and oxygen atoms in total. The maximum Gasteiger partial charge on any atom is 0.118 e. The largest absolute Gasteiger partial charge is 0.497 e. The van der Waals surface area contributed by atoms with Gasteiger partial charge in [-0.15, -0.1) is 0 Å². The second kappa shape index (κ2) is 7.87. The van der Waals surface area contributed by atoms with E-state index in [-0.39, 0.29) is 11.7 Å². The third kappa shape index (κ3) is 3.78. The van der Waals surface area contributed by atoms with Crippen molar-refractivity contribution in [1.82, 2.24) is 0 Å². The quantitative estimate of drug-likeness (QED) is 0.684. The molecule has 0 saturated carbocycles. The second-order valence-corrected chi connectivity index (χ2v) is 8.25. The number of rotatable bonds is 8. The van der Waals surface area contributed by atoms with E-state index in [1.807, 2.05) is 12.1 Å². The molecule has 144 valence electrons. The Kier molecular flexibility index (Phi) is 5.53. The Morgan fingerprint density at radius 2 is 2.08 bits per heavy atom. The SMILES string of the molecule is COc1ccc(CO[C@@H](C)CCC[C@@H]2OCC[C@]34CC[C@H](C[C@@H]23)O4)cc1. The summed E-state index contributed by atoms with van der Waals surface area (Å²) in [4.78, 5) is 0. The smallest absolute Gasteiger partial charge is 0.118 e. The highest BCUT2D eigenvalue weighted by Crippen LogP contribution is 2.54. The molecule has 3 fully saturated rings. The lowest BCUT2D eigenvalue weighted by molar-refractivity contribution is -0.130. The van der Waals surface area contributed by atoms with Gasteiger partial charge in [0.15, 0.2) is 0 Å². The molecule has 1 aromatic carbocycles. The van der Waals surface area contributed by atoms with Crippen molar-refractivity contribution in [1.29, 1.82) is 0 Å². The van der Waals surface area contributed by atoms with Crippen LogP contribution in [-0.4, -0.2) is 37.6 Å². The highest BCUT2D eigenvalue weighted by molar-refractivity contribution is 5.26. The summed E-state index contributed by atoms with van der Waals surface area (Å²) in [6.07, 6.45) is 9.39. The molecule has 1 spiro atoms. The van der Waals surface area contributed by atoms with Crippen LogP contribution >= 0.6 is 0 Å². The van der Waals surface area contributed by atoms with Crippen LogP contribution in [0.15, 0.2) is 24.3 Å². The molecule has 4 rings (SSSR count). The molecule has 26 heavy (non-hydrogen) atoms. The van der Waals surface area contributed by atoms with Crippen LogP contribution in [0.4, 0.5) is 0 Å². The van der Waals surface area contributed by atoms with E-state index in [1.54, 1.807) is 7.11 Å². The Labute approximate surface area is 157 Å². The lowest BCUT2D eigenvalue weighted by Crippen LogP contribution is -2.47. The van der Waals surface area contributed by atoms with Gasteiger partial charge in [-0.2, -0.15) is 0 Å². The minimum Gasteiger partial charge on any atom is -0.497 e. The zero-order valence-corrected chi connectivity index (χ0v) is 16.1. The van der Waals surface area contributed by atoms with Crippen LogP contribution in [0.25, 0.3) is 0 Å². The van der Waals surface area contributed by atoms with E-state index in [1.165, 1.54) is 24.8 Å². The zero-order valence-electron chi connectivity index (χ0n) is 16.1. The number of hydrogen-bond donors (Lipinski definition) is 0. The van der Waals surface area contributed by atoms with E-state index < -0.39 is 0 Å². The van der Waals surface area contributed by atoms with Crippen LogP contribution in [0.2, 0.25) is 0 Å². The van der Waals surface area contributed by atoms with E-state index in [2.05, 4.69) is 19.1 Å². The maximum absolute atomic E-state index is 6.31. The Balaban J connectivity index is 1.18. The third-order valence-electron chi connectivity index (χ3n) is 6.58. The van der Waals surface area contributed by atoms with Crippen LogP contribution in [0.3, 0.4) is 0 Å². The first-order chi connectivity index (χ1) is 12.7. The standard InChI is InChI=1S/C22H32O4/c1-16(25-15-17-6-8-18(23-2)9-7-17)4-3-5-21-20-14-19-10-11-22(20,26-19)12-13-24-21/h6-9,16,19-21H,3-5,10-15H2,1-2H3/t16-,19+,20-,21-,22+/m0/s1. The summed E-state index contributed by atoms with van der Waals surface area (Å²) >= 11 is 0. The van der Waals surface area contributed by atoms with E-state index in [0.717, 1.165) is 38.0 Å². The van der Waals surface area contributed by atoms with Gasteiger partial charge < -0.3 is 18.9 Å². The molecular formula is C22H32O4. The van der Waals surface area contributed by atoms with Crippen molar-refractivity contribution >= 4 is 0 Å². The Morgan fingerprint density at radius 1 is 1.23 bits per heavy atom. The number of benzene rings is 1. The Bertz CT molecular complexity index is 586. The highest BCUT2D eigenvalue weighted by atomic mass is 16.5. The van der Waals surface area contributed by atoms with Gasteiger partial charge in [0.25, 0.3) is 0 Å². The normalized spacial score (nSPS) is 33.8. The van der Waals surface area contributed by atoms with Gasteiger partial charge >= 0.3 is 0 Å². The van der Waals surface area contributed by atoms with Gasteiger partial charge in [0, 0.05) is 18.9 Å². The van der Waals surface area contributed by atoms with Crippen LogP contribution < -0.4 is 4.74 Å². The molecule has 3 aliphatic rings. The van der Waals surface area contributed by atoms with Gasteiger partial charge in [0.05, 0.1) is 37.6 Å². The molecule has 2 bridgehead atoms. The van der Waals surface area contributed by atoms with Gasteiger partial charge in [0.2, 0.25) is 0 Å². The van der Waals surface area contributed by atoms with Crippen LogP contribution in [0, 0.1) is 5.92 Å². The van der Waals surface area contributed by atoms with Gasteiger partial charge in [-0.1, -0.05) is 12.1 Å². The minimum atomic E-state index is 0.171. The summed E-state index contributed by atoms with van der Waals surface area (Å²) in [6, 6.07) is 8.10. The maximum atomic E-state index is 6.31. The molecule has 5 atom stereocenters. The average Bonchev–Trinajstić information content (AvgIpc) is 3.24. The Morgan fingerprint density at radius 3 is 2.85 bits per heavy atom. The molecule has 3 aliphatic heterocycles. The van der Waals surface area contributed by atoms with Crippen molar-refractivity contribution in [3.8, 4) is 5.75 Å². The fourth-order valence-corrected chi connectivity index (χ4v) is 5.09. The number of hydrogen-bond acceptors (Lipinski definition) is 4. The second-order valence-electron chi connectivity index (χ2n) is 8.25. The van der Waals surface area contributed by atoms with Crippen LogP contribution in [0.5, 0.6) is 5.75 Å². The summed E-state index contributed by atoms with van der Waals surface area (Å²) in [5, 5.41) is 0. The van der Waals surface area contributed by atoms with Crippen LogP contribution in [0.1, 0.15) is 57.4 Å². The molecule has 4 heteroatoms. The average molecular weight is 360 g/mol. The highest BCUT2D eigenvalue weighted by Gasteiger charge is 2.57. The first-order valence-electron chi connectivity index (χ1n) is 10.2. The fraction of sp³-hybridized carbons (Fsp3) is 0.727. The summed E-state index contributed by atoms with van der Waals surface area (Å²) in [7, 11) is 1.69. The number of fused-ring (bicyclic) bond motifs is 1. The van der Waals surface area contributed by atoms with Crippen molar-refractivity contribution in [3.05, 3.63) is 29.8 Å². The number of ether oxygens (including phenoxy) is 4. The minimum absolute atomic E-state index is 0.171. The molecule has 0 radical (unpaired) electrons. The lowest BCUT2D eigenvalue weighted by Gasteiger charge is -2.42. The molecule has 3 heterocycles. The zero-order chi connectivity index (χ0) is 18.0. The molecule has 0 unspecified atom stereocenters. The summed E-state index contributed by atoms with van der Waals surface area (Å²) in [5.74, 6) is 1.52. The van der Waals surface area contributed by atoms with Gasteiger partial charge in [0.1, 0.15) is 5.75 Å². The van der Waals surface area contributed by atoms with E-state index in [4.69, 9.17) is 18.9 Å². The van der Waals surface area contributed by atoms with E-state index in [9.17, 15) is 0 Å². The predicted molar refractivity (Wildman–Crippen MR) is 100 cm³/mol. The first-order valence-corrected chi connectivity index (χ1v) is 10.2. The van der Waals surface area contributed by atoms with Crippen molar-refractivity contribution in [3.63, 3.8) is 0 Å². The summed E-state index contributed by atoms with van der Waals surface area (Å²) < 4.78 is 23.7. The molecule has 0 aliphatic carbocycles. The predicted octanol–water partition coefficient (Wildman–Crippen LogP) is 4.50. The number of methoxy groups -OCH3 is 1. The van der Waals surface area contributed by atoms with Gasteiger partial charge in [-0.3, -0.25) is 0 Å². The summed E-state index contributed by atoms with van der Waals surface area (Å²) in [6.45, 7) is 3.71. The molecule has 0 N–H and O–H groups in total. The molecule has 0 aromatic heterocycles. The first kappa shape index (κ1) is 18.3. The topological polar surface area (TPSA) is 36.9 Å². The third-order valence-corrected chi connectivity index (χ3v) is 6.58. The van der Waals surface area contributed by atoms with Crippen LogP contribution in [-0.2, 0) is 20.8 Å². The van der Waals surface area contributed by atoms with Crippen molar-refractivity contribution in [2.24, 2.45) is 5.92 Å². The fourth-order valence-electron chi connectivity index (χ4n) is 5.09. The summed E-state index contributed by atoms with van der Waals surface area (Å²) in [5.41, 5.74) is 1.36. The van der Waals surface area contributed by atoms with E-state index in [0.29, 0.717) is 24.7 Å². The van der Waals surface area contributed by atoms with Gasteiger partial charge in [-0.25, -0.2) is 0 Å². The lowest BCUT2D eigenvalue weighted by atomic mass is 9.71. The Hall–Kier alpha value is -1.10. The molecule has 3 saturated heterocycles. The molecule has 1 aromatic rings. The molecular weight excluding hydrogens is 328 g/mol. The molecule has 0 amide bonds. The van der Waals surface area contributed by atoms with Gasteiger partial charge in [-0.05, 0) is 63.1 Å². The van der Waals surface area contributed by atoms with Crippen molar-refractivity contribution in [2.45, 2.75) is 82.4 Å². The monoisotopic (exact) mass is 360 g/mol. The van der Waals surface area contributed by atoms with Crippen molar-refractivity contribution in [2.75, 3.05) is 13.7 Å². The van der Waals surface area contributed by atoms with Crippen molar-refractivity contribution < 1.29 is 18.9 Å².